The molecule has 166 valence electrons. The van der Waals surface area contributed by atoms with E-state index in [4.69, 9.17) is 0 Å². The van der Waals surface area contributed by atoms with E-state index in [0.29, 0.717) is 5.56 Å². The summed E-state index contributed by atoms with van der Waals surface area (Å²) in [5, 5.41) is 5.21. The van der Waals surface area contributed by atoms with Gasteiger partial charge in [0.15, 0.2) is 0 Å². The fourth-order valence-corrected chi connectivity index (χ4v) is 4.52. The van der Waals surface area contributed by atoms with Gasteiger partial charge in [-0.15, -0.1) is 0 Å². The summed E-state index contributed by atoms with van der Waals surface area (Å²) < 4.78 is 0. The summed E-state index contributed by atoms with van der Waals surface area (Å²) in [5.74, 6) is -0.0739. The van der Waals surface area contributed by atoms with Crippen molar-refractivity contribution >= 4 is 28.1 Å². The summed E-state index contributed by atoms with van der Waals surface area (Å²) in [5.41, 5.74) is 3.97. The lowest BCUT2D eigenvalue weighted by molar-refractivity contribution is 0.102. The van der Waals surface area contributed by atoms with Gasteiger partial charge in [0.05, 0.1) is 11.4 Å². The Morgan fingerprint density at radius 2 is 1.55 bits per heavy atom. The Morgan fingerprint density at radius 1 is 0.818 bits per heavy atom. The monoisotopic (exact) mass is 436 g/mol. The number of anilines is 2. The number of rotatable bonds is 6. The number of hydrogen-bond acceptors (Lipinski definition) is 4. The molecule has 1 amide bonds. The molecule has 1 aliphatic heterocycles. The number of aromatic nitrogens is 1. The molecule has 4 aromatic rings. The molecular weight excluding hydrogens is 408 g/mol. The molecule has 1 N–H and O–H groups in total. The molecule has 5 rings (SSSR count). The molecule has 5 heteroatoms. The van der Waals surface area contributed by atoms with Crippen LogP contribution in [0.1, 0.15) is 15.9 Å². The first-order chi connectivity index (χ1) is 16.3. The number of amides is 1. The van der Waals surface area contributed by atoms with E-state index in [1.807, 2.05) is 73.1 Å². The maximum Gasteiger partial charge on any atom is 0.256 e. The van der Waals surface area contributed by atoms with Gasteiger partial charge in [0.1, 0.15) is 0 Å². The zero-order chi connectivity index (χ0) is 22.5. The maximum atomic E-state index is 13.2. The van der Waals surface area contributed by atoms with Crippen LogP contribution in [0.3, 0.4) is 0 Å². The highest BCUT2D eigenvalue weighted by Crippen LogP contribution is 2.28. The fraction of sp³-hybridized carbons (Fsp3) is 0.214. The SMILES string of the molecule is O=C(Nc1ccccc1N1CCN(CCc2ccncc2)CC1)c1cccc2ccccc12. The number of piperazine rings is 1. The third-order valence-corrected chi connectivity index (χ3v) is 6.37. The smallest absolute Gasteiger partial charge is 0.256 e. The summed E-state index contributed by atoms with van der Waals surface area (Å²) in [4.78, 5) is 22.2. The molecule has 33 heavy (non-hydrogen) atoms. The topological polar surface area (TPSA) is 48.5 Å². The lowest BCUT2D eigenvalue weighted by atomic mass is 10.0. The number of carbonyl (C=O) groups is 1. The third-order valence-electron chi connectivity index (χ3n) is 6.37. The minimum atomic E-state index is -0.0739. The largest absolute Gasteiger partial charge is 0.367 e. The molecule has 1 aromatic heterocycles. The maximum absolute atomic E-state index is 13.2. The minimum Gasteiger partial charge on any atom is -0.367 e. The van der Waals surface area contributed by atoms with Crippen molar-refractivity contribution in [3.8, 4) is 0 Å². The second kappa shape index (κ2) is 9.84. The molecule has 0 bridgehead atoms. The first kappa shape index (κ1) is 21.2. The van der Waals surface area contributed by atoms with Crippen LogP contribution in [0.5, 0.6) is 0 Å². The second-order valence-corrected chi connectivity index (χ2v) is 8.43. The molecule has 2 heterocycles. The quantitative estimate of drug-likeness (QED) is 0.469. The van der Waals surface area contributed by atoms with Gasteiger partial charge in [-0.25, -0.2) is 0 Å². The van der Waals surface area contributed by atoms with Crippen LogP contribution in [0.15, 0.2) is 91.3 Å². The van der Waals surface area contributed by atoms with E-state index in [2.05, 4.69) is 38.3 Å². The minimum absolute atomic E-state index is 0.0739. The first-order valence-electron chi connectivity index (χ1n) is 11.5. The van der Waals surface area contributed by atoms with Crippen molar-refractivity contribution in [3.63, 3.8) is 0 Å². The highest BCUT2D eigenvalue weighted by atomic mass is 16.1. The average molecular weight is 437 g/mol. The zero-order valence-electron chi connectivity index (χ0n) is 18.7. The van der Waals surface area contributed by atoms with Gasteiger partial charge in [-0.1, -0.05) is 48.5 Å². The number of fused-ring (bicyclic) bond motifs is 1. The van der Waals surface area contributed by atoms with E-state index < -0.39 is 0 Å². The van der Waals surface area contributed by atoms with Crippen molar-refractivity contribution in [3.05, 3.63) is 102 Å². The summed E-state index contributed by atoms with van der Waals surface area (Å²) in [6, 6.07) is 26.2. The van der Waals surface area contributed by atoms with Gasteiger partial charge in [0, 0.05) is 50.7 Å². The van der Waals surface area contributed by atoms with E-state index in [1.54, 1.807) is 0 Å². The Kier molecular flexibility index (Phi) is 6.31. The van der Waals surface area contributed by atoms with Crippen LogP contribution in [-0.2, 0) is 6.42 Å². The summed E-state index contributed by atoms with van der Waals surface area (Å²) in [6.45, 7) is 4.96. The second-order valence-electron chi connectivity index (χ2n) is 8.43. The van der Waals surface area contributed by atoms with Gasteiger partial charge >= 0.3 is 0 Å². The number of nitrogens with one attached hydrogen (secondary N) is 1. The normalized spacial score (nSPS) is 14.4. The predicted octanol–water partition coefficient (Wildman–Crippen LogP) is 4.85. The Labute approximate surface area is 194 Å². The van der Waals surface area contributed by atoms with Crippen molar-refractivity contribution in [1.82, 2.24) is 9.88 Å². The van der Waals surface area contributed by atoms with Gasteiger partial charge in [0.25, 0.3) is 5.91 Å². The van der Waals surface area contributed by atoms with Crippen molar-refractivity contribution in [2.24, 2.45) is 0 Å². The number of benzene rings is 3. The Bertz CT molecular complexity index is 1230. The van der Waals surface area contributed by atoms with E-state index in [9.17, 15) is 4.79 Å². The molecule has 0 radical (unpaired) electrons. The lowest BCUT2D eigenvalue weighted by Crippen LogP contribution is -2.47. The first-order valence-corrected chi connectivity index (χ1v) is 11.5. The number of hydrogen-bond donors (Lipinski definition) is 1. The molecule has 0 atom stereocenters. The average Bonchev–Trinajstić information content (AvgIpc) is 2.88. The Balaban J connectivity index is 1.25. The third kappa shape index (κ3) is 4.89. The van der Waals surface area contributed by atoms with Gasteiger partial charge in [-0.3, -0.25) is 14.7 Å². The van der Waals surface area contributed by atoms with Gasteiger partial charge in [0.2, 0.25) is 0 Å². The van der Waals surface area contributed by atoms with Crippen molar-refractivity contribution in [2.45, 2.75) is 6.42 Å². The molecule has 0 spiro atoms. The van der Waals surface area contributed by atoms with Crippen LogP contribution in [0.4, 0.5) is 11.4 Å². The van der Waals surface area contributed by atoms with Crippen molar-refractivity contribution < 1.29 is 4.79 Å². The van der Waals surface area contributed by atoms with Gasteiger partial charge in [-0.2, -0.15) is 0 Å². The number of pyridine rings is 1. The Hall–Kier alpha value is -3.70. The molecule has 1 aliphatic rings. The molecular formula is C28H28N4O. The van der Waals surface area contributed by atoms with E-state index >= 15 is 0 Å². The summed E-state index contributed by atoms with van der Waals surface area (Å²) in [7, 11) is 0. The fourth-order valence-electron chi connectivity index (χ4n) is 4.52. The predicted molar refractivity (Wildman–Crippen MR) is 135 cm³/mol. The molecule has 3 aromatic carbocycles. The van der Waals surface area contributed by atoms with Crippen LogP contribution in [-0.4, -0.2) is 48.5 Å². The van der Waals surface area contributed by atoms with Crippen LogP contribution in [0, 0.1) is 0 Å². The molecule has 5 nitrogen and oxygen atoms in total. The summed E-state index contributed by atoms with van der Waals surface area (Å²) in [6.07, 6.45) is 4.76. The van der Waals surface area contributed by atoms with Crippen LogP contribution >= 0.6 is 0 Å². The van der Waals surface area contributed by atoms with E-state index in [0.717, 1.165) is 61.3 Å². The lowest BCUT2D eigenvalue weighted by Gasteiger charge is -2.37. The molecule has 0 aliphatic carbocycles. The molecule has 1 fully saturated rings. The van der Waals surface area contributed by atoms with Gasteiger partial charge < -0.3 is 10.2 Å². The molecule has 1 saturated heterocycles. The van der Waals surface area contributed by atoms with E-state index in [-0.39, 0.29) is 5.91 Å². The Morgan fingerprint density at radius 3 is 2.39 bits per heavy atom. The van der Waals surface area contributed by atoms with Crippen molar-refractivity contribution in [1.29, 1.82) is 0 Å². The molecule has 0 saturated carbocycles. The van der Waals surface area contributed by atoms with Crippen LogP contribution in [0.25, 0.3) is 10.8 Å². The van der Waals surface area contributed by atoms with Crippen LogP contribution in [0.2, 0.25) is 0 Å². The number of nitrogens with zero attached hydrogens (tertiary/aromatic N) is 3. The molecule has 0 unspecified atom stereocenters. The summed E-state index contributed by atoms with van der Waals surface area (Å²) >= 11 is 0. The van der Waals surface area contributed by atoms with E-state index in [1.165, 1.54) is 5.56 Å². The standard InChI is InChI=1S/C28H28N4O/c33-28(25-9-5-7-23-6-1-2-8-24(23)25)30-26-10-3-4-11-27(26)32-20-18-31(19-21-32)17-14-22-12-15-29-16-13-22/h1-13,15-16H,14,17-21H2,(H,30,33). The van der Waals surface area contributed by atoms with Crippen LogP contribution < -0.4 is 10.2 Å². The number of carbonyl (C=O) groups excluding carboxylic acids is 1. The number of para-hydroxylation sites is 2. The van der Waals surface area contributed by atoms with Crippen molar-refractivity contribution in [2.75, 3.05) is 42.9 Å². The van der Waals surface area contributed by atoms with Gasteiger partial charge in [-0.05, 0) is 53.1 Å². The highest BCUT2D eigenvalue weighted by molar-refractivity contribution is 6.13. The zero-order valence-corrected chi connectivity index (χ0v) is 18.7. The highest BCUT2D eigenvalue weighted by Gasteiger charge is 2.20.